The highest BCUT2D eigenvalue weighted by molar-refractivity contribution is 5.79. The fourth-order valence-electron chi connectivity index (χ4n) is 4.33. The summed E-state index contributed by atoms with van der Waals surface area (Å²) < 4.78 is 0. The zero-order valence-electron chi connectivity index (χ0n) is 13.4. The summed E-state index contributed by atoms with van der Waals surface area (Å²) in [6.45, 7) is 4.37. The summed E-state index contributed by atoms with van der Waals surface area (Å²) in [5.41, 5.74) is 2.40. The van der Waals surface area contributed by atoms with Gasteiger partial charge >= 0.3 is 0 Å². The van der Waals surface area contributed by atoms with Crippen molar-refractivity contribution in [1.82, 2.24) is 15.5 Å². The van der Waals surface area contributed by atoms with E-state index in [0.29, 0.717) is 18.0 Å². The molecule has 1 aromatic heterocycles. The van der Waals surface area contributed by atoms with Crippen molar-refractivity contribution in [3.05, 3.63) is 27.2 Å². The van der Waals surface area contributed by atoms with E-state index >= 15 is 0 Å². The summed E-state index contributed by atoms with van der Waals surface area (Å²) in [4.78, 5) is 24.5. The number of nitrogens with zero attached hydrogens (tertiary/aromatic N) is 1. The lowest BCUT2D eigenvalue weighted by Crippen LogP contribution is -2.35. The highest BCUT2D eigenvalue weighted by Crippen LogP contribution is 2.48. The zero-order chi connectivity index (χ0) is 15.7. The van der Waals surface area contributed by atoms with Gasteiger partial charge < -0.3 is 5.32 Å². The van der Waals surface area contributed by atoms with Gasteiger partial charge in [-0.1, -0.05) is 20.3 Å². The number of amides is 1. The van der Waals surface area contributed by atoms with E-state index in [0.717, 1.165) is 36.4 Å². The Morgan fingerprint density at radius 2 is 2.05 bits per heavy atom. The molecule has 0 aromatic carbocycles. The molecule has 1 aromatic rings. The van der Waals surface area contributed by atoms with Crippen LogP contribution in [0.25, 0.3) is 0 Å². The van der Waals surface area contributed by atoms with E-state index in [4.69, 9.17) is 0 Å². The third-order valence-corrected chi connectivity index (χ3v) is 5.48. The molecule has 5 nitrogen and oxygen atoms in total. The Morgan fingerprint density at radius 3 is 2.64 bits per heavy atom. The predicted molar refractivity (Wildman–Crippen MR) is 84.4 cm³/mol. The molecular formula is C17H25N3O2. The minimum absolute atomic E-state index is 0.128. The predicted octanol–water partition coefficient (Wildman–Crippen LogP) is 1.95. The summed E-state index contributed by atoms with van der Waals surface area (Å²) in [6, 6.07) is 0. The minimum Gasteiger partial charge on any atom is -0.352 e. The van der Waals surface area contributed by atoms with Crippen molar-refractivity contribution in [2.75, 3.05) is 0 Å². The number of rotatable bonds is 5. The molecule has 2 aliphatic carbocycles. The second-order valence-electron chi connectivity index (χ2n) is 6.66. The van der Waals surface area contributed by atoms with E-state index in [1.807, 2.05) is 13.8 Å². The standard InChI is InChI=1S/C17H25N3O2/c1-3-12-14(17(22)20-19-15(12)4-2)9-18-16(21)13-8-10-5-6-11(13)7-10/h10-11,13H,3-9H2,1-2H3,(H,18,21)(H,20,22). The molecule has 3 rings (SSSR count). The average Bonchev–Trinajstić information content (AvgIpc) is 3.16. The fourth-order valence-corrected chi connectivity index (χ4v) is 4.33. The van der Waals surface area contributed by atoms with Crippen molar-refractivity contribution < 1.29 is 4.79 Å². The molecule has 3 unspecified atom stereocenters. The first-order valence-corrected chi connectivity index (χ1v) is 8.51. The summed E-state index contributed by atoms with van der Waals surface area (Å²) in [7, 11) is 0. The second kappa shape index (κ2) is 6.23. The van der Waals surface area contributed by atoms with Crippen LogP contribution in [0.3, 0.4) is 0 Å². The van der Waals surface area contributed by atoms with Crippen LogP contribution in [0.2, 0.25) is 0 Å². The van der Waals surface area contributed by atoms with E-state index in [2.05, 4.69) is 15.5 Å². The Bertz CT molecular complexity index is 623. The van der Waals surface area contributed by atoms with Gasteiger partial charge in [-0.05, 0) is 49.5 Å². The lowest BCUT2D eigenvalue weighted by atomic mass is 9.88. The van der Waals surface area contributed by atoms with Crippen LogP contribution >= 0.6 is 0 Å². The normalized spacial score (nSPS) is 26.4. The van der Waals surface area contributed by atoms with Gasteiger partial charge in [-0.25, -0.2) is 5.10 Å². The van der Waals surface area contributed by atoms with Crippen molar-refractivity contribution in [2.45, 2.75) is 58.9 Å². The molecule has 0 spiro atoms. The number of nitrogens with one attached hydrogen (secondary N) is 2. The smallest absolute Gasteiger partial charge is 0.269 e. The summed E-state index contributed by atoms with van der Waals surface area (Å²) >= 11 is 0. The molecule has 3 atom stereocenters. The summed E-state index contributed by atoms with van der Waals surface area (Å²) in [6.07, 6.45) is 6.28. The van der Waals surface area contributed by atoms with Crippen molar-refractivity contribution in [3.63, 3.8) is 0 Å². The maximum atomic E-state index is 12.4. The van der Waals surface area contributed by atoms with E-state index in [1.165, 1.54) is 19.3 Å². The SMILES string of the molecule is CCc1n[nH]c(=O)c(CNC(=O)C2CC3CCC2C3)c1CC. The zero-order valence-corrected chi connectivity index (χ0v) is 13.4. The highest BCUT2D eigenvalue weighted by Gasteiger charge is 2.42. The number of aryl methyl sites for hydroxylation is 1. The lowest BCUT2D eigenvalue weighted by Gasteiger charge is -2.21. The maximum Gasteiger partial charge on any atom is 0.269 e. The number of fused-ring (bicyclic) bond motifs is 2. The number of hydrogen-bond donors (Lipinski definition) is 2. The number of H-pyrrole nitrogens is 1. The van der Waals surface area contributed by atoms with Crippen LogP contribution in [0.15, 0.2) is 4.79 Å². The van der Waals surface area contributed by atoms with Crippen molar-refractivity contribution in [2.24, 2.45) is 17.8 Å². The minimum atomic E-state index is -0.178. The Balaban J connectivity index is 1.71. The number of aromatic amines is 1. The van der Waals surface area contributed by atoms with Gasteiger partial charge in [0.1, 0.15) is 0 Å². The van der Waals surface area contributed by atoms with Crippen LogP contribution in [-0.2, 0) is 24.2 Å². The van der Waals surface area contributed by atoms with Crippen LogP contribution in [0.4, 0.5) is 0 Å². The van der Waals surface area contributed by atoms with Crippen molar-refractivity contribution in [3.8, 4) is 0 Å². The topological polar surface area (TPSA) is 74.8 Å². The van der Waals surface area contributed by atoms with Crippen LogP contribution in [0.1, 0.15) is 56.4 Å². The largest absolute Gasteiger partial charge is 0.352 e. The van der Waals surface area contributed by atoms with Gasteiger partial charge in [0.15, 0.2) is 0 Å². The van der Waals surface area contributed by atoms with Crippen LogP contribution in [0, 0.1) is 17.8 Å². The first-order chi connectivity index (χ1) is 10.6. The first-order valence-electron chi connectivity index (χ1n) is 8.51. The van der Waals surface area contributed by atoms with Gasteiger partial charge in [0, 0.05) is 18.0 Å². The van der Waals surface area contributed by atoms with Gasteiger partial charge in [0.05, 0.1) is 5.69 Å². The van der Waals surface area contributed by atoms with Gasteiger partial charge in [-0.3, -0.25) is 9.59 Å². The molecule has 2 fully saturated rings. The van der Waals surface area contributed by atoms with Crippen molar-refractivity contribution in [1.29, 1.82) is 0 Å². The Hall–Kier alpha value is -1.65. The molecule has 120 valence electrons. The average molecular weight is 303 g/mol. The molecule has 1 heterocycles. The van der Waals surface area contributed by atoms with Gasteiger partial charge in [-0.15, -0.1) is 0 Å². The molecule has 5 heteroatoms. The van der Waals surface area contributed by atoms with Crippen LogP contribution in [-0.4, -0.2) is 16.1 Å². The van der Waals surface area contributed by atoms with Gasteiger partial charge in [-0.2, -0.15) is 5.10 Å². The van der Waals surface area contributed by atoms with E-state index in [-0.39, 0.29) is 17.4 Å². The quantitative estimate of drug-likeness (QED) is 0.873. The van der Waals surface area contributed by atoms with Crippen LogP contribution in [0.5, 0.6) is 0 Å². The Morgan fingerprint density at radius 1 is 1.23 bits per heavy atom. The second-order valence-corrected chi connectivity index (χ2v) is 6.66. The lowest BCUT2D eigenvalue weighted by molar-refractivity contribution is -0.126. The van der Waals surface area contributed by atoms with Crippen molar-refractivity contribution >= 4 is 5.91 Å². The fraction of sp³-hybridized carbons (Fsp3) is 0.706. The number of aromatic nitrogens is 2. The molecule has 0 saturated heterocycles. The molecule has 2 aliphatic rings. The Labute approximate surface area is 130 Å². The summed E-state index contributed by atoms with van der Waals surface area (Å²) in [5, 5.41) is 9.68. The van der Waals surface area contributed by atoms with Gasteiger partial charge in [0.2, 0.25) is 5.91 Å². The van der Waals surface area contributed by atoms with Gasteiger partial charge in [0.25, 0.3) is 5.56 Å². The van der Waals surface area contributed by atoms with E-state index < -0.39 is 0 Å². The Kier molecular flexibility index (Phi) is 4.32. The molecule has 0 aliphatic heterocycles. The number of carbonyl (C=O) groups excluding carboxylic acids is 1. The van der Waals surface area contributed by atoms with Crippen LogP contribution < -0.4 is 10.9 Å². The van der Waals surface area contributed by atoms with E-state index in [9.17, 15) is 9.59 Å². The molecule has 1 amide bonds. The van der Waals surface area contributed by atoms with E-state index in [1.54, 1.807) is 0 Å². The molecule has 2 N–H and O–H groups in total. The maximum absolute atomic E-state index is 12.4. The molecule has 22 heavy (non-hydrogen) atoms. The number of hydrogen-bond acceptors (Lipinski definition) is 3. The highest BCUT2D eigenvalue weighted by atomic mass is 16.2. The molecule has 2 bridgehead atoms. The monoisotopic (exact) mass is 303 g/mol. The third-order valence-electron chi connectivity index (χ3n) is 5.48. The number of carbonyl (C=O) groups is 1. The molecular weight excluding hydrogens is 278 g/mol. The molecule has 2 saturated carbocycles. The third kappa shape index (κ3) is 2.69. The summed E-state index contributed by atoms with van der Waals surface area (Å²) in [5.74, 6) is 1.61. The first kappa shape index (κ1) is 15.3. The molecule has 0 radical (unpaired) electrons.